The Balaban J connectivity index is 1.41. The van der Waals surface area contributed by atoms with Crippen LogP contribution in [-0.2, 0) is 11.3 Å². The van der Waals surface area contributed by atoms with Gasteiger partial charge < -0.3 is 4.90 Å². The van der Waals surface area contributed by atoms with Gasteiger partial charge in [-0.2, -0.15) is 0 Å². The Morgan fingerprint density at radius 3 is 2.55 bits per heavy atom. The highest BCUT2D eigenvalue weighted by Crippen LogP contribution is 2.32. The Morgan fingerprint density at radius 2 is 1.82 bits per heavy atom. The summed E-state index contributed by atoms with van der Waals surface area (Å²) in [6.45, 7) is 2.72. The van der Waals surface area contributed by atoms with Gasteiger partial charge in [0.2, 0.25) is 5.91 Å². The van der Waals surface area contributed by atoms with Gasteiger partial charge >= 0.3 is 0 Å². The summed E-state index contributed by atoms with van der Waals surface area (Å²) >= 11 is 1.44. The molecule has 33 heavy (non-hydrogen) atoms. The molecule has 0 aliphatic heterocycles. The Morgan fingerprint density at radius 1 is 1.03 bits per heavy atom. The van der Waals surface area contributed by atoms with Crippen molar-refractivity contribution in [3.63, 3.8) is 0 Å². The first-order valence-electron chi connectivity index (χ1n) is 11.1. The normalized spacial score (nSPS) is 13.1. The van der Waals surface area contributed by atoms with E-state index in [-0.39, 0.29) is 5.91 Å². The van der Waals surface area contributed by atoms with Crippen molar-refractivity contribution in [3.05, 3.63) is 90.3 Å². The molecule has 2 aromatic heterocycles. The predicted octanol–water partition coefficient (Wildman–Crippen LogP) is 4.92. The Kier molecular flexibility index (Phi) is 6.21. The summed E-state index contributed by atoms with van der Waals surface area (Å²) in [4.78, 5) is 19.5. The SMILES string of the molecule is Cc1ccccc1-n1c(SCC(=O)N(Cc2ccccc2)C2CC2)nnc1-c1cccnc1. The number of carbonyl (C=O) groups is 1. The second kappa shape index (κ2) is 9.58. The first kappa shape index (κ1) is 21.4. The minimum Gasteiger partial charge on any atom is -0.335 e. The Bertz CT molecular complexity index is 1240. The summed E-state index contributed by atoms with van der Waals surface area (Å²) in [5, 5.41) is 9.63. The lowest BCUT2D eigenvalue weighted by Crippen LogP contribution is -2.34. The fraction of sp³-hybridized carbons (Fsp3) is 0.231. The average Bonchev–Trinajstić information content (AvgIpc) is 3.61. The van der Waals surface area contributed by atoms with E-state index in [2.05, 4.69) is 46.4 Å². The van der Waals surface area contributed by atoms with Crippen LogP contribution in [0.3, 0.4) is 0 Å². The van der Waals surface area contributed by atoms with Gasteiger partial charge in [0.1, 0.15) is 0 Å². The first-order valence-corrected chi connectivity index (χ1v) is 12.1. The van der Waals surface area contributed by atoms with Gasteiger partial charge in [0.05, 0.1) is 11.4 Å². The number of carbonyl (C=O) groups excluding carboxylic acids is 1. The monoisotopic (exact) mass is 455 g/mol. The van der Waals surface area contributed by atoms with Crippen LogP contribution in [0.25, 0.3) is 17.1 Å². The number of para-hydroxylation sites is 1. The second-order valence-electron chi connectivity index (χ2n) is 8.20. The Hall–Kier alpha value is -3.45. The van der Waals surface area contributed by atoms with E-state index in [1.807, 2.05) is 51.9 Å². The molecule has 4 aromatic rings. The molecule has 166 valence electrons. The quantitative estimate of drug-likeness (QED) is 0.353. The van der Waals surface area contributed by atoms with Crippen molar-refractivity contribution in [3.8, 4) is 17.1 Å². The minimum absolute atomic E-state index is 0.133. The zero-order chi connectivity index (χ0) is 22.6. The summed E-state index contributed by atoms with van der Waals surface area (Å²) in [7, 11) is 0. The number of aromatic nitrogens is 4. The van der Waals surface area contributed by atoms with Crippen LogP contribution in [0, 0.1) is 6.92 Å². The van der Waals surface area contributed by atoms with E-state index < -0.39 is 0 Å². The molecule has 0 atom stereocenters. The first-order chi connectivity index (χ1) is 16.2. The number of rotatable bonds is 8. The third-order valence-electron chi connectivity index (χ3n) is 5.74. The van der Waals surface area contributed by atoms with Crippen LogP contribution in [0.4, 0.5) is 0 Å². The molecule has 1 saturated carbocycles. The van der Waals surface area contributed by atoms with Gasteiger partial charge in [0, 0.05) is 30.5 Å². The van der Waals surface area contributed by atoms with Crippen molar-refractivity contribution in [1.29, 1.82) is 0 Å². The fourth-order valence-electron chi connectivity index (χ4n) is 3.87. The molecule has 5 rings (SSSR count). The number of amides is 1. The van der Waals surface area contributed by atoms with Gasteiger partial charge in [-0.3, -0.25) is 14.3 Å². The van der Waals surface area contributed by atoms with Crippen molar-refractivity contribution >= 4 is 17.7 Å². The molecular weight excluding hydrogens is 430 g/mol. The van der Waals surface area contributed by atoms with E-state index in [0.29, 0.717) is 23.5 Å². The summed E-state index contributed by atoms with van der Waals surface area (Å²) in [6, 6.07) is 22.5. The summed E-state index contributed by atoms with van der Waals surface area (Å²) in [5.41, 5.74) is 4.15. The predicted molar refractivity (Wildman–Crippen MR) is 130 cm³/mol. The summed E-state index contributed by atoms with van der Waals surface area (Å²) in [6.07, 6.45) is 5.68. The van der Waals surface area contributed by atoms with E-state index in [1.165, 1.54) is 11.8 Å². The lowest BCUT2D eigenvalue weighted by Gasteiger charge is -2.22. The van der Waals surface area contributed by atoms with Gasteiger partial charge in [-0.25, -0.2) is 0 Å². The largest absolute Gasteiger partial charge is 0.335 e. The van der Waals surface area contributed by atoms with E-state index in [4.69, 9.17) is 0 Å². The number of thioether (sulfide) groups is 1. The molecule has 0 unspecified atom stereocenters. The molecule has 1 aliphatic carbocycles. The van der Waals surface area contributed by atoms with Crippen LogP contribution < -0.4 is 0 Å². The highest BCUT2D eigenvalue weighted by molar-refractivity contribution is 7.99. The van der Waals surface area contributed by atoms with Crippen LogP contribution in [0.1, 0.15) is 24.0 Å². The van der Waals surface area contributed by atoms with Crippen LogP contribution in [0.15, 0.2) is 84.3 Å². The summed E-state index contributed by atoms with van der Waals surface area (Å²) in [5.74, 6) is 1.17. The van der Waals surface area contributed by atoms with Crippen LogP contribution in [0.5, 0.6) is 0 Å². The van der Waals surface area contributed by atoms with E-state index >= 15 is 0 Å². The molecule has 1 aliphatic rings. The average molecular weight is 456 g/mol. The molecular formula is C26H25N5OS. The highest BCUT2D eigenvalue weighted by Gasteiger charge is 2.32. The van der Waals surface area contributed by atoms with Crippen molar-refractivity contribution in [1.82, 2.24) is 24.6 Å². The molecule has 0 spiro atoms. The molecule has 0 N–H and O–H groups in total. The van der Waals surface area contributed by atoms with E-state index in [0.717, 1.165) is 41.0 Å². The smallest absolute Gasteiger partial charge is 0.233 e. The summed E-state index contributed by atoms with van der Waals surface area (Å²) < 4.78 is 2.03. The molecule has 2 aromatic carbocycles. The molecule has 0 bridgehead atoms. The van der Waals surface area contributed by atoms with Gasteiger partial charge in [-0.05, 0) is 49.1 Å². The molecule has 1 amide bonds. The lowest BCUT2D eigenvalue weighted by molar-refractivity contribution is -0.129. The number of aryl methyl sites for hydroxylation is 1. The van der Waals surface area contributed by atoms with E-state index in [9.17, 15) is 4.79 Å². The zero-order valence-electron chi connectivity index (χ0n) is 18.5. The minimum atomic E-state index is 0.133. The maximum absolute atomic E-state index is 13.2. The third-order valence-corrected chi connectivity index (χ3v) is 6.65. The lowest BCUT2D eigenvalue weighted by atomic mass is 10.2. The number of benzene rings is 2. The molecule has 7 heteroatoms. The van der Waals surface area contributed by atoms with Gasteiger partial charge in [0.15, 0.2) is 11.0 Å². The van der Waals surface area contributed by atoms with Gasteiger partial charge in [0.25, 0.3) is 0 Å². The van der Waals surface area contributed by atoms with Crippen molar-refractivity contribution in [2.75, 3.05) is 5.75 Å². The molecule has 2 heterocycles. The maximum Gasteiger partial charge on any atom is 0.233 e. The van der Waals surface area contributed by atoms with Gasteiger partial charge in [-0.15, -0.1) is 10.2 Å². The number of nitrogens with zero attached hydrogens (tertiary/aromatic N) is 5. The number of hydrogen-bond acceptors (Lipinski definition) is 5. The van der Waals surface area contributed by atoms with Crippen LogP contribution in [-0.4, -0.2) is 42.4 Å². The molecule has 1 fully saturated rings. The van der Waals surface area contributed by atoms with Crippen molar-refractivity contribution in [2.45, 2.75) is 37.5 Å². The topological polar surface area (TPSA) is 63.9 Å². The van der Waals surface area contributed by atoms with Crippen LogP contribution in [0.2, 0.25) is 0 Å². The number of pyridine rings is 1. The molecule has 6 nitrogen and oxygen atoms in total. The van der Waals surface area contributed by atoms with Crippen LogP contribution >= 0.6 is 11.8 Å². The molecule has 0 radical (unpaired) electrons. The molecule has 0 saturated heterocycles. The fourth-order valence-corrected chi connectivity index (χ4v) is 4.70. The number of hydrogen-bond donors (Lipinski definition) is 0. The standard InChI is InChI=1S/C26H25N5OS/c1-19-8-5-6-12-23(19)31-25(21-11-7-15-27-16-21)28-29-26(31)33-18-24(32)30(22-13-14-22)17-20-9-3-2-4-10-20/h2-12,15-16,22H,13-14,17-18H2,1H3. The zero-order valence-corrected chi connectivity index (χ0v) is 19.3. The van der Waals surface area contributed by atoms with Gasteiger partial charge in [-0.1, -0.05) is 60.3 Å². The van der Waals surface area contributed by atoms with Crippen molar-refractivity contribution in [2.24, 2.45) is 0 Å². The maximum atomic E-state index is 13.2. The highest BCUT2D eigenvalue weighted by atomic mass is 32.2. The van der Waals surface area contributed by atoms with Crippen molar-refractivity contribution < 1.29 is 4.79 Å². The second-order valence-corrected chi connectivity index (χ2v) is 9.14. The van der Waals surface area contributed by atoms with E-state index in [1.54, 1.807) is 12.4 Å². The Labute approximate surface area is 197 Å². The third kappa shape index (κ3) is 4.83.